The first-order chi connectivity index (χ1) is 17.9. The molecule has 0 unspecified atom stereocenters. The fourth-order valence-corrected chi connectivity index (χ4v) is 4.86. The minimum absolute atomic E-state index is 0.0174. The van der Waals surface area contributed by atoms with Gasteiger partial charge in [0.05, 0.1) is 26.3 Å². The number of amides is 4. The van der Waals surface area contributed by atoms with Gasteiger partial charge in [-0.3, -0.25) is 9.59 Å². The van der Waals surface area contributed by atoms with Crippen molar-refractivity contribution in [1.29, 1.82) is 0 Å². The summed E-state index contributed by atoms with van der Waals surface area (Å²) in [6.07, 6.45) is 0.614. The molecule has 0 aliphatic carbocycles. The number of nitrogens with one attached hydrogen (secondary N) is 1. The zero-order valence-corrected chi connectivity index (χ0v) is 21.3. The van der Waals surface area contributed by atoms with Crippen molar-refractivity contribution in [2.45, 2.75) is 45.1 Å². The molecule has 2 aliphatic heterocycles. The maximum absolute atomic E-state index is 13.4. The van der Waals surface area contributed by atoms with Gasteiger partial charge in [0.2, 0.25) is 11.8 Å². The predicted molar refractivity (Wildman–Crippen MR) is 135 cm³/mol. The molecule has 2 saturated heterocycles. The SMILES string of the molecule is CCC[C@H]1C(=O)N(CCOCc2ccc(F)cc2)C[C@H]2N1C(=O)CN(C)N2C(=O)NCc1ccccc1. The van der Waals surface area contributed by atoms with E-state index in [1.54, 1.807) is 39.0 Å². The monoisotopic (exact) mass is 511 g/mol. The first-order valence-corrected chi connectivity index (χ1v) is 12.6. The summed E-state index contributed by atoms with van der Waals surface area (Å²) in [6.45, 7) is 3.42. The molecule has 37 heavy (non-hydrogen) atoms. The van der Waals surface area contributed by atoms with Crippen molar-refractivity contribution in [3.8, 4) is 0 Å². The molecule has 0 spiro atoms. The second-order valence-corrected chi connectivity index (χ2v) is 9.35. The maximum atomic E-state index is 13.4. The van der Waals surface area contributed by atoms with Crippen molar-refractivity contribution < 1.29 is 23.5 Å². The summed E-state index contributed by atoms with van der Waals surface area (Å²) in [6, 6.07) is 14.7. The van der Waals surface area contributed by atoms with Crippen LogP contribution in [0.15, 0.2) is 54.6 Å². The number of piperazine rings is 1. The van der Waals surface area contributed by atoms with E-state index < -0.39 is 12.2 Å². The molecule has 198 valence electrons. The number of likely N-dealkylation sites (N-methyl/N-ethyl adjacent to an activating group) is 1. The molecule has 0 bridgehead atoms. The van der Waals surface area contributed by atoms with Crippen molar-refractivity contribution >= 4 is 17.8 Å². The van der Waals surface area contributed by atoms with Gasteiger partial charge in [0, 0.05) is 20.1 Å². The summed E-state index contributed by atoms with van der Waals surface area (Å²) >= 11 is 0. The molecule has 1 N–H and O–H groups in total. The molecule has 4 amide bonds. The Kier molecular flexibility index (Phi) is 8.73. The van der Waals surface area contributed by atoms with Gasteiger partial charge in [0.15, 0.2) is 0 Å². The van der Waals surface area contributed by atoms with Gasteiger partial charge in [-0.25, -0.2) is 19.2 Å². The number of urea groups is 1. The number of ether oxygens (including phenoxy) is 1. The van der Waals surface area contributed by atoms with Crippen LogP contribution in [0.3, 0.4) is 0 Å². The van der Waals surface area contributed by atoms with Gasteiger partial charge < -0.3 is 19.9 Å². The average molecular weight is 512 g/mol. The molecule has 2 aromatic carbocycles. The molecule has 2 aromatic rings. The van der Waals surface area contributed by atoms with Crippen molar-refractivity contribution in [3.05, 3.63) is 71.5 Å². The molecule has 2 atom stereocenters. The molecular weight excluding hydrogens is 477 g/mol. The van der Waals surface area contributed by atoms with Crippen LogP contribution in [0.1, 0.15) is 30.9 Å². The molecule has 2 heterocycles. The number of carbonyl (C=O) groups excluding carboxylic acids is 3. The Bertz CT molecular complexity index is 1080. The summed E-state index contributed by atoms with van der Waals surface area (Å²) in [5, 5.41) is 6.11. The van der Waals surface area contributed by atoms with Crippen LogP contribution in [-0.2, 0) is 27.5 Å². The number of benzene rings is 2. The van der Waals surface area contributed by atoms with E-state index in [0.29, 0.717) is 26.1 Å². The normalized spacial score (nSPS) is 20.2. The number of hydrogen-bond acceptors (Lipinski definition) is 5. The van der Waals surface area contributed by atoms with E-state index in [9.17, 15) is 18.8 Å². The van der Waals surface area contributed by atoms with Crippen molar-refractivity contribution in [3.63, 3.8) is 0 Å². The maximum Gasteiger partial charge on any atom is 0.334 e. The van der Waals surface area contributed by atoms with E-state index >= 15 is 0 Å². The zero-order valence-electron chi connectivity index (χ0n) is 21.3. The summed E-state index contributed by atoms with van der Waals surface area (Å²) in [5.74, 6) is -0.608. The highest BCUT2D eigenvalue weighted by Crippen LogP contribution is 2.27. The lowest BCUT2D eigenvalue weighted by Gasteiger charge is -2.54. The number of hydrogen-bond donors (Lipinski definition) is 1. The van der Waals surface area contributed by atoms with Crippen LogP contribution >= 0.6 is 0 Å². The quantitative estimate of drug-likeness (QED) is 0.523. The van der Waals surface area contributed by atoms with Crippen LogP contribution in [0, 0.1) is 5.82 Å². The van der Waals surface area contributed by atoms with Crippen molar-refractivity contribution in [1.82, 2.24) is 25.1 Å². The Labute approximate surface area is 216 Å². The molecule has 0 radical (unpaired) electrons. The Morgan fingerprint density at radius 1 is 1.08 bits per heavy atom. The fourth-order valence-electron chi connectivity index (χ4n) is 4.86. The first-order valence-electron chi connectivity index (χ1n) is 12.6. The number of rotatable bonds is 9. The highest BCUT2D eigenvalue weighted by atomic mass is 19.1. The lowest BCUT2D eigenvalue weighted by Crippen LogP contribution is -2.76. The molecule has 0 saturated carbocycles. The molecular formula is C27H34FN5O4. The van der Waals surface area contributed by atoms with Crippen molar-refractivity contribution in [2.75, 3.05) is 33.3 Å². The number of carbonyl (C=O) groups is 3. The van der Waals surface area contributed by atoms with Gasteiger partial charge in [0.1, 0.15) is 18.0 Å². The Balaban J connectivity index is 1.45. The lowest BCUT2D eigenvalue weighted by atomic mass is 10.0. The van der Waals surface area contributed by atoms with Crippen LogP contribution in [0.25, 0.3) is 0 Å². The van der Waals surface area contributed by atoms with Gasteiger partial charge in [-0.05, 0) is 29.7 Å². The molecule has 2 aliphatic rings. The Morgan fingerprint density at radius 3 is 2.51 bits per heavy atom. The van der Waals surface area contributed by atoms with E-state index in [2.05, 4.69) is 5.32 Å². The predicted octanol–water partition coefficient (Wildman–Crippen LogP) is 2.58. The minimum Gasteiger partial charge on any atom is -0.375 e. The molecule has 0 aromatic heterocycles. The van der Waals surface area contributed by atoms with Crippen LogP contribution in [-0.4, -0.2) is 83.2 Å². The molecule has 9 nitrogen and oxygen atoms in total. The Hall–Kier alpha value is -3.50. The Morgan fingerprint density at radius 2 is 1.81 bits per heavy atom. The second-order valence-electron chi connectivity index (χ2n) is 9.35. The van der Waals surface area contributed by atoms with Gasteiger partial charge >= 0.3 is 6.03 Å². The fraction of sp³-hybridized carbons (Fsp3) is 0.444. The topological polar surface area (TPSA) is 85.4 Å². The van der Waals surface area contributed by atoms with Gasteiger partial charge in [-0.15, -0.1) is 0 Å². The van der Waals surface area contributed by atoms with E-state index in [-0.39, 0.29) is 43.4 Å². The molecule has 10 heteroatoms. The summed E-state index contributed by atoms with van der Waals surface area (Å²) in [5.41, 5.74) is 1.80. The summed E-state index contributed by atoms with van der Waals surface area (Å²) in [7, 11) is 1.71. The van der Waals surface area contributed by atoms with Crippen LogP contribution in [0.2, 0.25) is 0 Å². The lowest BCUT2D eigenvalue weighted by molar-refractivity contribution is -0.188. The highest BCUT2D eigenvalue weighted by Gasteiger charge is 2.50. The molecule has 4 rings (SSSR count). The van der Waals surface area contributed by atoms with Crippen LogP contribution < -0.4 is 5.32 Å². The van der Waals surface area contributed by atoms with Crippen LogP contribution in [0.4, 0.5) is 9.18 Å². The van der Waals surface area contributed by atoms with Crippen LogP contribution in [0.5, 0.6) is 0 Å². The molecule has 2 fully saturated rings. The first kappa shape index (κ1) is 26.6. The number of hydrazine groups is 1. The largest absolute Gasteiger partial charge is 0.375 e. The third-order valence-electron chi connectivity index (χ3n) is 6.68. The van der Waals surface area contributed by atoms with E-state index in [0.717, 1.165) is 17.5 Å². The summed E-state index contributed by atoms with van der Waals surface area (Å²) < 4.78 is 18.9. The van der Waals surface area contributed by atoms with E-state index in [4.69, 9.17) is 4.74 Å². The third-order valence-corrected chi connectivity index (χ3v) is 6.68. The van der Waals surface area contributed by atoms with Gasteiger partial charge in [-0.2, -0.15) is 0 Å². The summed E-state index contributed by atoms with van der Waals surface area (Å²) in [4.78, 5) is 43.0. The third kappa shape index (κ3) is 6.26. The van der Waals surface area contributed by atoms with E-state index in [1.165, 1.54) is 12.1 Å². The minimum atomic E-state index is -0.633. The van der Waals surface area contributed by atoms with Gasteiger partial charge in [-0.1, -0.05) is 55.8 Å². The number of fused-ring (bicyclic) bond motifs is 1. The van der Waals surface area contributed by atoms with Crippen molar-refractivity contribution in [2.24, 2.45) is 0 Å². The zero-order chi connectivity index (χ0) is 26.4. The number of halogens is 1. The highest BCUT2D eigenvalue weighted by molar-refractivity contribution is 5.91. The standard InChI is InChI=1S/C27H34FN5O4/c1-3-7-23-26(35)31(14-15-37-19-21-10-12-22(28)13-11-21)17-24-32(23)25(34)18-30(2)33(24)27(36)29-16-20-8-5-4-6-9-20/h4-6,8-13,23-24H,3,7,14-19H2,1-2H3,(H,29,36)/t23-,24-/m0/s1. The van der Waals surface area contributed by atoms with E-state index in [1.807, 2.05) is 37.3 Å². The average Bonchev–Trinajstić information content (AvgIpc) is 2.89. The smallest absolute Gasteiger partial charge is 0.334 e. The van der Waals surface area contributed by atoms with Gasteiger partial charge in [0.25, 0.3) is 0 Å². The number of nitrogens with zero attached hydrogens (tertiary/aromatic N) is 4. The second kappa shape index (κ2) is 12.2.